The van der Waals surface area contributed by atoms with Crippen LogP contribution < -0.4 is 10.1 Å². The second-order valence-corrected chi connectivity index (χ2v) is 7.10. The van der Waals surface area contributed by atoms with Crippen molar-refractivity contribution in [2.75, 3.05) is 11.9 Å². The van der Waals surface area contributed by atoms with Gasteiger partial charge < -0.3 is 15.2 Å². The molecule has 2 aromatic carbocycles. The maximum Gasteiger partial charge on any atom is 0.223 e. The highest BCUT2D eigenvalue weighted by molar-refractivity contribution is 6.33. The van der Waals surface area contributed by atoms with Gasteiger partial charge in [0.1, 0.15) is 5.82 Å². The van der Waals surface area contributed by atoms with Gasteiger partial charge in [0, 0.05) is 29.3 Å². The van der Waals surface area contributed by atoms with E-state index in [1.54, 1.807) is 19.1 Å². The van der Waals surface area contributed by atoms with Crippen molar-refractivity contribution < 1.29 is 18.6 Å². The number of fused-ring (bicyclic) bond motifs is 1. The molecule has 3 N–H and O–H groups in total. The van der Waals surface area contributed by atoms with Gasteiger partial charge in [-0.3, -0.25) is 5.10 Å². The molecule has 4 rings (SSSR count). The molecule has 9 heteroatoms. The Balaban J connectivity index is 1.82. The first kappa shape index (κ1) is 20.1. The number of nitrogens with zero attached hydrogens (tertiary/aromatic N) is 2. The van der Waals surface area contributed by atoms with Crippen LogP contribution in [0.25, 0.3) is 22.3 Å². The number of pyridine rings is 1. The third-order valence-corrected chi connectivity index (χ3v) is 4.67. The third-order valence-electron chi connectivity index (χ3n) is 4.34. The molecule has 0 bridgehead atoms. The molecule has 0 aliphatic rings. The zero-order valence-electron chi connectivity index (χ0n) is 15.8. The minimum atomic E-state index is -0.853. The van der Waals surface area contributed by atoms with E-state index >= 15 is 0 Å². The molecule has 1 unspecified atom stereocenters. The predicted octanol–water partition coefficient (Wildman–Crippen LogP) is 5.14. The highest BCUT2D eigenvalue weighted by Crippen LogP contribution is 2.37. The molecule has 0 aliphatic carbocycles. The van der Waals surface area contributed by atoms with Gasteiger partial charge in [-0.2, -0.15) is 10.1 Å². The van der Waals surface area contributed by atoms with E-state index in [2.05, 4.69) is 20.5 Å². The smallest absolute Gasteiger partial charge is 0.223 e. The lowest BCUT2D eigenvalue weighted by molar-refractivity contribution is 0.208. The number of hydrogen-bond acceptors (Lipinski definition) is 5. The van der Waals surface area contributed by atoms with Crippen molar-refractivity contribution in [3.05, 3.63) is 65.2 Å². The van der Waals surface area contributed by atoms with Crippen molar-refractivity contribution in [2.24, 2.45) is 0 Å². The standard InChI is InChI=1S/C21H17ClF2N4O2/c1-11(29)10-25-16-9-18(30-17-7-6-12(23)8-15(17)24)26-21-19(16)20(27-28-21)13-4-2-3-5-14(13)22/h2-9,11,29H,10H2,1H3,(H2,25,26,27,28). The second kappa shape index (κ2) is 8.25. The molecule has 154 valence electrons. The summed E-state index contributed by atoms with van der Waals surface area (Å²) in [5.74, 6) is -1.68. The first-order chi connectivity index (χ1) is 14.4. The van der Waals surface area contributed by atoms with Crippen LogP contribution in [-0.4, -0.2) is 32.9 Å². The SMILES string of the molecule is CC(O)CNc1cc(Oc2ccc(F)cc2F)nc2n[nH]c(-c3ccccc3Cl)c12. The molecule has 0 amide bonds. The van der Waals surface area contributed by atoms with E-state index in [-0.39, 0.29) is 18.2 Å². The van der Waals surface area contributed by atoms with Gasteiger partial charge in [-0.1, -0.05) is 29.8 Å². The monoisotopic (exact) mass is 430 g/mol. The number of nitrogens with one attached hydrogen (secondary N) is 2. The van der Waals surface area contributed by atoms with Crippen LogP contribution >= 0.6 is 11.6 Å². The summed E-state index contributed by atoms with van der Waals surface area (Å²) in [5.41, 5.74) is 2.22. The van der Waals surface area contributed by atoms with Gasteiger partial charge in [0.05, 0.1) is 22.9 Å². The van der Waals surface area contributed by atoms with E-state index in [1.807, 2.05) is 18.2 Å². The van der Waals surface area contributed by atoms with E-state index in [9.17, 15) is 13.9 Å². The number of H-pyrrole nitrogens is 1. The molecule has 0 fully saturated rings. The summed E-state index contributed by atoms with van der Waals surface area (Å²) in [4.78, 5) is 4.33. The Labute approximate surface area is 175 Å². The second-order valence-electron chi connectivity index (χ2n) is 6.69. The van der Waals surface area contributed by atoms with Gasteiger partial charge in [0.15, 0.2) is 17.2 Å². The molecular formula is C21H17ClF2N4O2. The Kier molecular flexibility index (Phi) is 5.52. The molecule has 0 aliphatic heterocycles. The number of aromatic amines is 1. The average molecular weight is 431 g/mol. The summed E-state index contributed by atoms with van der Waals surface area (Å²) in [6.07, 6.45) is -0.622. The van der Waals surface area contributed by atoms with Crippen LogP contribution in [0.2, 0.25) is 5.02 Å². The zero-order valence-corrected chi connectivity index (χ0v) is 16.5. The fraction of sp³-hybridized carbons (Fsp3) is 0.143. The van der Waals surface area contributed by atoms with Gasteiger partial charge in [0.25, 0.3) is 0 Å². The molecule has 0 spiro atoms. The van der Waals surface area contributed by atoms with Crippen molar-refractivity contribution >= 4 is 28.3 Å². The van der Waals surface area contributed by atoms with E-state index < -0.39 is 17.7 Å². The number of anilines is 1. The highest BCUT2D eigenvalue weighted by Gasteiger charge is 2.18. The summed E-state index contributed by atoms with van der Waals surface area (Å²) in [6.45, 7) is 1.89. The van der Waals surface area contributed by atoms with E-state index in [0.717, 1.165) is 17.7 Å². The molecule has 0 radical (unpaired) electrons. The Bertz CT molecular complexity index is 1210. The Morgan fingerprint density at radius 2 is 2.00 bits per heavy atom. The van der Waals surface area contributed by atoms with Crippen molar-refractivity contribution in [1.29, 1.82) is 0 Å². The maximum absolute atomic E-state index is 14.0. The number of hydrogen-bond donors (Lipinski definition) is 3. The maximum atomic E-state index is 14.0. The number of aliphatic hydroxyl groups is 1. The fourth-order valence-corrected chi connectivity index (χ4v) is 3.21. The van der Waals surface area contributed by atoms with Crippen LogP contribution in [0.15, 0.2) is 48.5 Å². The van der Waals surface area contributed by atoms with Crippen LogP contribution in [0, 0.1) is 11.6 Å². The molecule has 30 heavy (non-hydrogen) atoms. The lowest BCUT2D eigenvalue weighted by atomic mass is 10.1. The third kappa shape index (κ3) is 4.05. The molecule has 0 saturated carbocycles. The summed E-state index contributed by atoms with van der Waals surface area (Å²) >= 11 is 6.34. The minimum absolute atomic E-state index is 0.0540. The molecule has 2 aromatic heterocycles. The molecule has 6 nitrogen and oxygen atoms in total. The molecule has 0 saturated heterocycles. The molecule has 2 heterocycles. The molecule has 4 aromatic rings. The zero-order chi connectivity index (χ0) is 21.3. The van der Waals surface area contributed by atoms with Gasteiger partial charge in [-0.15, -0.1) is 0 Å². The van der Waals surface area contributed by atoms with Gasteiger partial charge >= 0.3 is 0 Å². The molecular weight excluding hydrogens is 414 g/mol. The minimum Gasteiger partial charge on any atom is -0.436 e. The Morgan fingerprint density at radius 3 is 2.73 bits per heavy atom. The topological polar surface area (TPSA) is 83.1 Å². The summed E-state index contributed by atoms with van der Waals surface area (Å²) in [5, 5.41) is 21.1. The number of halogens is 3. The Morgan fingerprint density at radius 1 is 1.20 bits per heavy atom. The van der Waals surface area contributed by atoms with Crippen LogP contribution in [0.5, 0.6) is 11.6 Å². The predicted molar refractivity (Wildman–Crippen MR) is 111 cm³/mol. The van der Waals surface area contributed by atoms with Gasteiger partial charge in [-0.25, -0.2) is 8.78 Å². The first-order valence-corrected chi connectivity index (χ1v) is 9.49. The lowest BCUT2D eigenvalue weighted by Gasteiger charge is -2.13. The van der Waals surface area contributed by atoms with Crippen molar-refractivity contribution in [1.82, 2.24) is 15.2 Å². The van der Waals surface area contributed by atoms with E-state index in [4.69, 9.17) is 16.3 Å². The van der Waals surface area contributed by atoms with E-state index in [0.29, 0.717) is 27.4 Å². The normalized spacial score (nSPS) is 12.2. The van der Waals surface area contributed by atoms with Crippen molar-refractivity contribution in [3.63, 3.8) is 0 Å². The fourth-order valence-electron chi connectivity index (χ4n) is 2.98. The van der Waals surface area contributed by atoms with Gasteiger partial charge in [0.2, 0.25) is 5.88 Å². The van der Waals surface area contributed by atoms with Crippen LogP contribution in [0.4, 0.5) is 14.5 Å². The number of benzene rings is 2. The molecule has 1 atom stereocenters. The average Bonchev–Trinajstić information content (AvgIpc) is 3.12. The van der Waals surface area contributed by atoms with Crippen molar-refractivity contribution in [3.8, 4) is 22.9 Å². The number of aliphatic hydroxyl groups excluding tert-OH is 1. The largest absolute Gasteiger partial charge is 0.436 e. The van der Waals surface area contributed by atoms with Crippen LogP contribution in [0.1, 0.15) is 6.92 Å². The first-order valence-electron chi connectivity index (χ1n) is 9.11. The highest BCUT2D eigenvalue weighted by atomic mass is 35.5. The quantitative estimate of drug-likeness (QED) is 0.394. The number of aromatic nitrogens is 3. The van der Waals surface area contributed by atoms with E-state index in [1.165, 1.54) is 6.07 Å². The van der Waals surface area contributed by atoms with Crippen molar-refractivity contribution in [2.45, 2.75) is 13.0 Å². The Hall–Kier alpha value is -3.23. The lowest BCUT2D eigenvalue weighted by Crippen LogP contribution is -2.15. The summed E-state index contributed by atoms with van der Waals surface area (Å²) in [6, 6.07) is 11.8. The van der Waals surface area contributed by atoms with Crippen LogP contribution in [0.3, 0.4) is 0 Å². The van der Waals surface area contributed by atoms with Gasteiger partial charge in [-0.05, 0) is 25.1 Å². The number of ether oxygens (including phenoxy) is 1. The number of rotatable bonds is 6. The summed E-state index contributed by atoms with van der Waals surface area (Å²) < 4.78 is 32.7. The summed E-state index contributed by atoms with van der Waals surface area (Å²) in [7, 11) is 0. The van der Waals surface area contributed by atoms with Crippen LogP contribution in [-0.2, 0) is 0 Å².